The van der Waals surface area contributed by atoms with Gasteiger partial charge in [0.1, 0.15) is 17.3 Å². The van der Waals surface area contributed by atoms with Gasteiger partial charge >= 0.3 is 0 Å². The van der Waals surface area contributed by atoms with E-state index in [-0.39, 0.29) is 10.7 Å². The van der Waals surface area contributed by atoms with Gasteiger partial charge in [-0.25, -0.2) is 9.37 Å². The molecular formula is C32H28FNO5S. The third-order valence-electron chi connectivity index (χ3n) is 6.12. The molecule has 1 heterocycles. The minimum absolute atomic E-state index is 0.0666. The Balaban J connectivity index is 0.000000283. The Morgan fingerprint density at radius 2 is 1.15 bits per heavy atom. The largest absolute Gasteiger partial charge is 0.497 e. The summed E-state index contributed by atoms with van der Waals surface area (Å²) in [6.45, 7) is 1.84. The molecule has 5 rings (SSSR count). The maximum atomic E-state index is 13.3. The van der Waals surface area contributed by atoms with E-state index < -0.39 is 10.1 Å². The molecule has 5 aromatic rings. The fraction of sp³-hybridized carbons (Fsp3) is 0.0938. The number of pyridine rings is 1. The summed E-state index contributed by atoms with van der Waals surface area (Å²) in [4.78, 5) is 4.86. The second-order valence-electron chi connectivity index (χ2n) is 8.84. The van der Waals surface area contributed by atoms with Gasteiger partial charge < -0.3 is 9.47 Å². The van der Waals surface area contributed by atoms with Crippen LogP contribution < -0.4 is 9.47 Å². The second-order valence-corrected chi connectivity index (χ2v) is 10.3. The van der Waals surface area contributed by atoms with Crippen molar-refractivity contribution in [2.24, 2.45) is 0 Å². The molecule has 0 saturated heterocycles. The van der Waals surface area contributed by atoms with Gasteiger partial charge in [-0.1, -0.05) is 35.9 Å². The first-order valence-electron chi connectivity index (χ1n) is 12.3. The summed E-state index contributed by atoms with van der Waals surface area (Å²) in [7, 11) is -0.726. The number of aryl methyl sites for hydroxylation is 1. The highest BCUT2D eigenvalue weighted by atomic mass is 32.2. The zero-order chi connectivity index (χ0) is 28.7. The van der Waals surface area contributed by atoms with Gasteiger partial charge in [-0.15, -0.1) is 0 Å². The van der Waals surface area contributed by atoms with Crippen LogP contribution in [0.25, 0.3) is 33.6 Å². The lowest BCUT2D eigenvalue weighted by molar-refractivity contribution is 0.414. The van der Waals surface area contributed by atoms with Gasteiger partial charge in [0.25, 0.3) is 10.1 Å². The van der Waals surface area contributed by atoms with Crippen LogP contribution in [0.4, 0.5) is 4.39 Å². The standard InChI is InChI=1S/C25H20FNO2.C7H8O3S/c1-28-21-11-5-17(6-12-21)23-15-16-24(18-3-9-20(26)10-4-18)27-25(23)19-7-13-22(29-2)14-8-19;1-6-2-4-7(5-3-6)11(8,9)10/h3-16H,1-2H3;2-5H,1H3,(H,8,9,10). The van der Waals surface area contributed by atoms with E-state index in [1.165, 1.54) is 24.3 Å². The smallest absolute Gasteiger partial charge is 0.294 e. The maximum absolute atomic E-state index is 13.3. The topological polar surface area (TPSA) is 85.7 Å². The average Bonchev–Trinajstić information content (AvgIpc) is 2.97. The van der Waals surface area contributed by atoms with Crippen LogP contribution in [0.2, 0.25) is 0 Å². The Kier molecular flexibility index (Phi) is 8.93. The minimum Gasteiger partial charge on any atom is -0.497 e. The van der Waals surface area contributed by atoms with E-state index in [9.17, 15) is 12.8 Å². The number of nitrogens with zero attached hydrogens (tertiary/aromatic N) is 1. The highest BCUT2D eigenvalue weighted by molar-refractivity contribution is 7.85. The number of hydrogen-bond acceptors (Lipinski definition) is 5. The van der Waals surface area contributed by atoms with Gasteiger partial charge in [0.05, 0.1) is 30.5 Å². The normalized spacial score (nSPS) is 10.8. The average molecular weight is 558 g/mol. The van der Waals surface area contributed by atoms with Crippen LogP contribution in [-0.4, -0.2) is 32.2 Å². The molecule has 40 heavy (non-hydrogen) atoms. The molecule has 4 aromatic carbocycles. The molecule has 0 atom stereocenters. The van der Waals surface area contributed by atoms with Gasteiger partial charge in [0.2, 0.25) is 0 Å². The lowest BCUT2D eigenvalue weighted by Gasteiger charge is -2.13. The molecule has 0 aliphatic carbocycles. The third-order valence-corrected chi connectivity index (χ3v) is 6.99. The van der Waals surface area contributed by atoms with E-state index in [1.807, 2.05) is 67.6 Å². The van der Waals surface area contributed by atoms with E-state index in [0.717, 1.165) is 50.7 Å². The number of ether oxygens (including phenoxy) is 2. The molecule has 0 unspecified atom stereocenters. The first kappa shape index (κ1) is 28.5. The molecule has 8 heteroatoms. The summed E-state index contributed by atoms with van der Waals surface area (Å²) in [5.74, 6) is 1.32. The molecule has 204 valence electrons. The number of hydrogen-bond donors (Lipinski definition) is 1. The minimum atomic E-state index is -4.02. The van der Waals surface area contributed by atoms with E-state index in [0.29, 0.717) is 0 Å². The molecule has 6 nitrogen and oxygen atoms in total. The lowest BCUT2D eigenvalue weighted by Crippen LogP contribution is -1.96. The van der Waals surface area contributed by atoms with Crippen molar-refractivity contribution >= 4 is 10.1 Å². The zero-order valence-electron chi connectivity index (χ0n) is 22.2. The molecule has 1 aromatic heterocycles. The van der Waals surface area contributed by atoms with Crippen molar-refractivity contribution in [3.05, 3.63) is 121 Å². The van der Waals surface area contributed by atoms with Gasteiger partial charge in [-0.2, -0.15) is 8.42 Å². The van der Waals surface area contributed by atoms with Crippen LogP contribution in [0.3, 0.4) is 0 Å². The first-order chi connectivity index (χ1) is 19.2. The third kappa shape index (κ3) is 7.11. The molecule has 0 fully saturated rings. The van der Waals surface area contributed by atoms with Crippen molar-refractivity contribution in [1.82, 2.24) is 4.98 Å². The van der Waals surface area contributed by atoms with Crippen LogP contribution in [0.1, 0.15) is 5.56 Å². The van der Waals surface area contributed by atoms with E-state index in [1.54, 1.807) is 38.5 Å². The summed E-state index contributed by atoms with van der Waals surface area (Å²) in [5, 5.41) is 0. The van der Waals surface area contributed by atoms with E-state index in [2.05, 4.69) is 0 Å². The zero-order valence-corrected chi connectivity index (χ0v) is 23.0. The fourth-order valence-corrected chi connectivity index (χ4v) is 4.40. The van der Waals surface area contributed by atoms with Crippen LogP contribution in [-0.2, 0) is 10.1 Å². The molecule has 1 N–H and O–H groups in total. The van der Waals surface area contributed by atoms with Crippen molar-refractivity contribution in [3.63, 3.8) is 0 Å². The molecular weight excluding hydrogens is 529 g/mol. The summed E-state index contributed by atoms with van der Waals surface area (Å²) in [5.41, 5.74) is 6.46. The first-order valence-corrected chi connectivity index (χ1v) is 13.7. The van der Waals surface area contributed by atoms with Crippen LogP contribution in [0.5, 0.6) is 11.5 Å². The Bertz CT molecular complexity index is 1670. The molecule has 0 radical (unpaired) electrons. The van der Waals surface area contributed by atoms with Crippen LogP contribution >= 0.6 is 0 Å². The monoisotopic (exact) mass is 557 g/mol. The molecule has 0 spiro atoms. The summed E-state index contributed by atoms with van der Waals surface area (Å²) < 4.78 is 53.4. The number of rotatable bonds is 6. The highest BCUT2D eigenvalue weighted by Gasteiger charge is 2.12. The summed E-state index contributed by atoms with van der Waals surface area (Å²) in [6.07, 6.45) is 0. The highest BCUT2D eigenvalue weighted by Crippen LogP contribution is 2.34. The predicted octanol–water partition coefficient (Wildman–Crippen LogP) is 7.48. The van der Waals surface area contributed by atoms with Gasteiger partial charge in [-0.3, -0.25) is 4.55 Å². The lowest BCUT2D eigenvalue weighted by atomic mass is 9.97. The number of halogens is 1. The van der Waals surface area contributed by atoms with Crippen LogP contribution in [0.15, 0.2) is 114 Å². The quantitative estimate of drug-likeness (QED) is 0.218. The molecule has 0 saturated carbocycles. The van der Waals surface area contributed by atoms with Crippen molar-refractivity contribution in [2.75, 3.05) is 14.2 Å². The Labute approximate surface area is 233 Å². The van der Waals surface area contributed by atoms with Gasteiger partial charge in [0.15, 0.2) is 0 Å². The number of benzene rings is 4. The Morgan fingerprint density at radius 1 is 0.650 bits per heavy atom. The molecule has 0 aliphatic rings. The van der Waals surface area contributed by atoms with Gasteiger partial charge in [-0.05, 0) is 91.3 Å². The number of methoxy groups -OCH3 is 2. The van der Waals surface area contributed by atoms with E-state index >= 15 is 0 Å². The summed E-state index contributed by atoms with van der Waals surface area (Å²) >= 11 is 0. The molecule has 0 bridgehead atoms. The fourth-order valence-electron chi connectivity index (χ4n) is 3.92. The predicted molar refractivity (Wildman–Crippen MR) is 155 cm³/mol. The van der Waals surface area contributed by atoms with Crippen molar-refractivity contribution < 1.29 is 26.8 Å². The molecule has 0 aliphatic heterocycles. The molecule has 0 amide bonds. The van der Waals surface area contributed by atoms with Crippen molar-refractivity contribution in [2.45, 2.75) is 11.8 Å². The van der Waals surface area contributed by atoms with E-state index in [4.69, 9.17) is 19.0 Å². The summed E-state index contributed by atoms with van der Waals surface area (Å²) in [6, 6.07) is 32.1. The van der Waals surface area contributed by atoms with Crippen molar-refractivity contribution in [1.29, 1.82) is 0 Å². The SMILES string of the molecule is COc1ccc(-c2ccc(-c3ccc(F)cc3)nc2-c2ccc(OC)cc2)cc1.Cc1ccc(S(=O)(=O)O)cc1. The van der Waals surface area contributed by atoms with Crippen molar-refractivity contribution in [3.8, 4) is 45.1 Å². The second kappa shape index (κ2) is 12.5. The Hall–Kier alpha value is -4.53. The Morgan fingerprint density at radius 3 is 1.65 bits per heavy atom. The van der Waals surface area contributed by atoms with Crippen LogP contribution in [0, 0.1) is 12.7 Å². The maximum Gasteiger partial charge on any atom is 0.294 e. The van der Waals surface area contributed by atoms with Gasteiger partial charge in [0, 0.05) is 16.7 Å². The number of aromatic nitrogens is 1.